The van der Waals surface area contributed by atoms with Gasteiger partial charge >= 0.3 is 6.03 Å². The monoisotopic (exact) mass is 409 g/mol. The van der Waals surface area contributed by atoms with E-state index in [0.717, 1.165) is 37.7 Å². The van der Waals surface area contributed by atoms with Crippen LogP contribution in [-0.4, -0.2) is 39.9 Å². The van der Waals surface area contributed by atoms with Gasteiger partial charge in [-0.3, -0.25) is 14.5 Å². The number of amides is 3. The van der Waals surface area contributed by atoms with Gasteiger partial charge in [-0.2, -0.15) is 0 Å². The SMILES string of the molecule is CCCCN1C(=O)N2CCCCC2c2c1nc(C(=O)NCc1ccccc1)[nH]c2=O. The van der Waals surface area contributed by atoms with Crippen LogP contribution in [0.4, 0.5) is 10.6 Å². The molecular weight excluding hydrogens is 382 g/mol. The first kappa shape index (κ1) is 20.1. The van der Waals surface area contributed by atoms with Crippen LogP contribution in [0.1, 0.15) is 66.8 Å². The number of rotatable bonds is 6. The average molecular weight is 409 g/mol. The summed E-state index contributed by atoms with van der Waals surface area (Å²) in [4.78, 5) is 49.3. The number of benzene rings is 1. The van der Waals surface area contributed by atoms with Gasteiger partial charge < -0.3 is 15.2 Å². The van der Waals surface area contributed by atoms with Crippen molar-refractivity contribution in [2.75, 3.05) is 18.0 Å². The molecular formula is C22H27N5O3. The second-order valence-electron chi connectivity index (χ2n) is 7.81. The molecule has 1 aromatic carbocycles. The number of hydrogen-bond donors (Lipinski definition) is 2. The van der Waals surface area contributed by atoms with E-state index in [2.05, 4.69) is 15.3 Å². The number of nitrogens with zero attached hydrogens (tertiary/aromatic N) is 3. The van der Waals surface area contributed by atoms with E-state index in [1.165, 1.54) is 0 Å². The van der Waals surface area contributed by atoms with Crippen LogP contribution >= 0.6 is 0 Å². The summed E-state index contributed by atoms with van der Waals surface area (Å²) in [6.45, 7) is 3.50. The quantitative estimate of drug-likeness (QED) is 0.766. The Labute approximate surface area is 175 Å². The van der Waals surface area contributed by atoms with Crippen LogP contribution in [0.15, 0.2) is 35.1 Å². The lowest BCUT2D eigenvalue weighted by Crippen LogP contribution is -2.54. The summed E-state index contributed by atoms with van der Waals surface area (Å²) < 4.78 is 0. The number of aromatic amines is 1. The first-order chi connectivity index (χ1) is 14.6. The smallest absolute Gasteiger partial charge is 0.326 e. The number of hydrogen-bond acceptors (Lipinski definition) is 4. The van der Waals surface area contributed by atoms with E-state index in [1.54, 1.807) is 9.80 Å². The molecule has 8 nitrogen and oxygen atoms in total. The lowest BCUT2D eigenvalue weighted by atomic mass is 9.94. The van der Waals surface area contributed by atoms with Crippen LogP contribution in [0.5, 0.6) is 0 Å². The van der Waals surface area contributed by atoms with Gasteiger partial charge in [0.05, 0.1) is 11.6 Å². The van der Waals surface area contributed by atoms with Crippen LogP contribution < -0.4 is 15.8 Å². The Kier molecular flexibility index (Phi) is 5.83. The third-order valence-electron chi connectivity index (χ3n) is 5.75. The van der Waals surface area contributed by atoms with Crippen molar-refractivity contribution in [3.8, 4) is 0 Å². The Balaban J connectivity index is 1.66. The Hall–Kier alpha value is -3.16. The van der Waals surface area contributed by atoms with Crippen LogP contribution in [0.2, 0.25) is 0 Å². The summed E-state index contributed by atoms with van der Waals surface area (Å²) in [7, 11) is 0. The second kappa shape index (κ2) is 8.69. The molecule has 4 rings (SSSR count). The Morgan fingerprint density at radius 2 is 2.03 bits per heavy atom. The van der Waals surface area contributed by atoms with E-state index in [1.807, 2.05) is 37.3 Å². The van der Waals surface area contributed by atoms with Crippen molar-refractivity contribution < 1.29 is 9.59 Å². The molecule has 158 valence electrons. The first-order valence-electron chi connectivity index (χ1n) is 10.6. The lowest BCUT2D eigenvalue weighted by Gasteiger charge is -2.43. The topological polar surface area (TPSA) is 98.4 Å². The van der Waals surface area contributed by atoms with Crippen molar-refractivity contribution >= 4 is 17.8 Å². The number of urea groups is 1. The van der Waals surface area contributed by atoms with E-state index in [-0.39, 0.29) is 23.5 Å². The molecule has 1 fully saturated rings. The van der Waals surface area contributed by atoms with Gasteiger partial charge in [0.1, 0.15) is 5.82 Å². The maximum Gasteiger partial charge on any atom is 0.326 e. The number of nitrogens with one attached hydrogen (secondary N) is 2. The van der Waals surface area contributed by atoms with Gasteiger partial charge in [0, 0.05) is 19.6 Å². The highest BCUT2D eigenvalue weighted by Crippen LogP contribution is 2.38. The number of unbranched alkanes of at least 4 members (excludes halogenated alkanes) is 1. The van der Waals surface area contributed by atoms with Crippen molar-refractivity contribution in [1.82, 2.24) is 20.2 Å². The van der Waals surface area contributed by atoms with Crippen molar-refractivity contribution in [2.24, 2.45) is 0 Å². The Morgan fingerprint density at radius 3 is 2.80 bits per heavy atom. The largest absolute Gasteiger partial charge is 0.345 e. The molecule has 2 aliphatic rings. The minimum absolute atomic E-state index is 0.0618. The minimum atomic E-state index is -0.465. The summed E-state index contributed by atoms with van der Waals surface area (Å²) in [5, 5.41) is 2.79. The highest BCUT2D eigenvalue weighted by Gasteiger charge is 2.41. The fraction of sp³-hybridized carbons (Fsp3) is 0.455. The van der Waals surface area contributed by atoms with E-state index < -0.39 is 5.91 Å². The molecule has 0 bridgehead atoms. The molecule has 3 amide bonds. The van der Waals surface area contributed by atoms with Gasteiger partial charge in [-0.25, -0.2) is 9.78 Å². The average Bonchev–Trinajstić information content (AvgIpc) is 2.77. The molecule has 30 heavy (non-hydrogen) atoms. The summed E-state index contributed by atoms with van der Waals surface area (Å²) in [6.07, 6.45) is 4.35. The van der Waals surface area contributed by atoms with Crippen molar-refractivity contribution in [1.29, 1.82) is 0 Å². The summed E-state index contributed by atoms with van der Waals surface area (Å²) in [6, 6.07) is 9.13. The van der Waals surface area contributed by atoms with Crippen molar-refractivity contribution in [3.05, 3.63) is 57.6 Å². The van der Waals surface area contributed by atoms with Gasteiger partial charge in [0.15, 0.2) is 0 Å². The van der Waals surface area contributed by atoms with Gasteiger partial charge in [-0.15, -0.1) is 0 Å². The maximum absolute atomic E-state index is 13.1. The van der Waals surface area contributed by atoms with Gasteiger partial charge in [-0.05, 0) is 31.2 Å². The maximum atomic E-state index is 13.1. The summed E-state index contributed by atoms with van der Waals surface area (Å²) in [5.74, 6) is -0.189. The van der Waals surface area contributed by atoms with Gasteiger partial charge in [0.2, 0.25) is 5.82 Å². The molecule has 2 aliphatic heterocycles. The molecule has 0 saturated carbocycles. The van der Waals surface area contributed by atoms with Gasteiger partial charge in [-0.1, -0.05) is 43.7 Å². The van der Waals surface area contributed by atoms with Crippen LogP contribution in [0.25, 0.3) is 0 Å². The number of fused-ring (bicyclic) bond motifs is 3. The first-order valence-corrected chi connectivity index (χ1v) is 10.6. The molecule has 1 aromatic heterocycles. The fourth-order valence-electron chi connectivity index (χ4n) is 4.17. The zero-order valence-electron chi connectivity index (χ0n) is 17.2. The standard InChI is InChI=1S/C22H27N5O3/c1-2-3-12-27-19-17(16-11-7-8-13-26(16)22(27)30)20(28)25-18(24-19)21(29)23-14-15-9-5-4-6-10-15/h4-6,9-10,16H,2-3,7-8,11-14H2,1H3,(H,23,29)(H,24,25,28). The molecule has 0 spiro atoms. The molecule has 8 heteroatoms. The van der Waals surface area contributed by atoms with Crippen molar-refractivity contribution in [3.63, 3.8) is 0 Å². The van der Waals surface area contributed by atoms with Crippen LogP contribution in [0, 0.1) is 0 Å². The number of piperidine rings is 1. The third kappa shape index (κ3) is 3.81. The Morgan fingerprint density at radius 1 is 1.23 bits per heavy atom. The predicted molar refractivity (Wildman–Crippen MR) is 113 cm³/mol. The number of H-pyrrole nitrogens is 1. The zero-order valence-corrected chi connectivity index (χ0v) is 17.2. The van der Waals surface area contributed by atoms with E-state index >= 15 is 0 Å². The van der Waals surface area contributed by atoms with Gasteiger partial charge in [0.25, 0.3) is 11.5 Å². The number of aromatic nitrogens is 2. The lowest BCUT2D eigenvalue weighted by molar-refractivity contribution is 0.0939. The third-order valence-corrected chi connectivity index (χ3v) is 5.75. The molecule has 0 aliphatic carbocycles. The molecule has 2 N–H and O–H groups in total. The molecule has 1 atom stereocenters. The second-order valence-corrected chi connectivity index (χ2v) is 7.81. The molecule has 1 unspecified atom stereocenters. The predicted octanol–water partition coefficient (Wildman–Crippen LogP) is 2.97. The zero-order chi connectivity index (χ0) is 21.1. The van der Waals surface area contributed by atoms with Crippen LogP contribution in [-0.2, 0) is 6.54 Å². The molecule has 1 saturated heterocycles. The highest BCUT2D eigenvalue weighted by molar-refractivity contribution is 5.96. The normalized spacial score (nSPS) is 18.0. The summed E-state index contributed by atoms with van der Waals surface area (Å²) >= 11 is 0. The minimum Gasteiger partial charge on any atom is -0.345 e. The van der Waals surface area contributed by atoms with E-state index in [9.17, 15) is 14.4 Å². The van der Waals surface area contributed by atoms with E-state index in [0.29, 0.717) is 31.0 Å². The Bertz CT molecular complexity index is 988. The fourth-order valence-corrected chi connectivity index (χ4v) is 4.17. The molecule has 2 aromatic rings. The number of anilines is 1. The summed E-state index contributed by atoms with van der Waals surface area (Å²) in [5.41, 5.74) is 1.12. The molecule has 0 radical (unpaired) electrons. The van der Waals surface area contributed by atoms with Crippen LogP contribution in [0.3, 0.4) is 0 Å². The van der Waals surface area contributed by atoms with E-state index in [4.69, 9.17) is 0 Å². The highest BCUT2D eigenvalue weighted by atomic mass is 16.2. The van der Waals surface area contributed by atoms with Crippen molar-refractivity contribution in [2.45, 2.75) is 51.6 Å². The molecule has 3 heterocycles. The number of carbonyl (C=O) groups is 2. The number of carbonyl (C=O) groups excluding carboxylic acids is 2.